The topological polar surface area (TPSA) is 20.2 Å². The lowest BCUT2D eigenvalue weighted by molar-refractivity contribution is 0.377. The summed E-state index contributed by atoms with van der Waals surface area (Å²) in [7, 11) is 0. The molecule has 0 atom stereocenters. The zero-order valence-electron chi connectivity index (χ0n) is 11.6. The van der Waals surface area contributed by atoms with Gasteiger partial charge in [-0.3, -0.25) is 0 Å². The van der Waals surface area contributed by atoms with Gasteiger partial charge in [-0.1, -0.05) is 51.5 Å². The lowest BCUT2D eigenvalue weighted by Gasteiger charge is -2.02. The van der Waals surface area contributed by atoms with E-state index in [-0.39, 0.29) is 0 Å². The first-order valence-corrected chi connectivity index (χ1v) is 7.30. The second-order valence-corrected chi connectivity index (χ2v) is 4.76. The molecule has 0 aromatic heterocycles. The van der Waals surface area contributed by atoms with Crippen molar-refractivity contribution in [2.75, 3.05) is 0 Å². The Morgan fingerprint density at radius 3 is 2.00 bits per heavy atom. The Balaban J connectivity index is 3.08. The van der Waals surface area contributed by atoms with E-state index in [1.165, 1.54) is 51.4 Å². The van der Waals surface area contributed by atoms with Gasteiger partial charge in [0.1, 0.15) is 0 Å². The third-order valence-corrected chi connectivity index (χ3v) is 3.03. The molecule has 0 bridgehead atoms. The van der Waals surface area contributed by atoms with Crippen LogP contribution in [0.25, 0.3) is 0 Å². The second-order valence-electron chi connectivity index (χ2n) is 4.76. The smallest absolute Gasteiger partial charge is 0.0882 e. The molecule has 1 heteroatoms. The van der Waals surface area contributed by atoms with E-state index in [2.05, 4.69) is 13.5 Å². The lowest BCUT2D eigenvalue weighted by atomic mass is 10.1. The lowest BCUT2D eigenvalue weighted by Crippen LogP contribution is -1.84. The van der Waals surface area contributed by atoms with Gasteiger partial charge >= 0.3 is 0 Å². The van der Waals surface area contributed by atoms with Crippen LogP contribution >= 0.6 is 0 Å². The molecule has 0 saturated carbocycles. The largest absolute Gasteiger partial charge is 0.513 e. The summed E-state index contributed by atoms with van der Waals surface area (Å²) in [6.07, 6.45) is 17.4. The maximum Gasteiger partial charge on any atom is 0.0882 e. The molecular weight excluding hydrogens is 208 g/mol. The zero-order valence-corrected chi connectivity index (χ0v) is 11.6. The van der Waals surface area contributed by atoms with Crippen LogP contribution in [0.4, 0.5) is 0 Å². The fraction of sp³-hybridized carbons (Fsp3) is 0.750. The molecule has 0 amide bonds. The van der Waals surface area contributed by atoms with Crippen molar-refractivity contribution in [2.45, 2.75) is 77.6 Å². The normalized spacial score (nSPS) is 11.7. The Hall–Kier alpha value is -0.720. The van der Waals surface area contributed by atoms with Crippen molar-refractivity contribution in [2.24, 2.45) is 0 Å². The quantitative estimate of drug-likeness (QED) is 0.254. The van der Waals surface area contributed by atoms with Crippen LogP contribution in [0.15, 0.2) is 24.5 Å². The average molecular weight is 238 g/mol. The minimum absolute atomic E-state index is 0.580. The molecule has 0 rings (SSSR count). The average Bonchev–Trinajstić information content (AvgIpc) is 2.32. The van der Waals surface area contributed by atoms with Crippen LogP contribution < -0.4 is 0 Å². The molecule has 0 aromatic rings. The zero-order chi connectivity index (χ0) is 12.8. The standard InChI is InChI=1S/C16H30O/c1-3-5-6-7-8-9-10-11-12-13-15-16(17)14-4-2/h3,14,17H,1,4-13,15H2,2H3/b16-14-. The van der Waals surface area contributed by atoms with Crippen molar-refractivity contribution in [1.29, 1.82) is 0 Å². The summed E-state index contributed by atoms with van der Waals surface area (Å²) in [6, 6.07) is 0. The van der Waals surface area contributed by atoms with Crippen LogP contribution in [0.2, 0.25) is 0 Å². The molecule has 0 spiro atoms. The van der Waals surface area contributed by atoms with Crippen LogP contribution in [0.5, 0.6) is 0 Å². The summed E-state index contributed by atoms with van der Waals surface area (Å²) in [4.78, 5) is 0. The van der Waals surface area contributed by atoms with E-state index in [4.69, 9.17) is 0 Å². The highest BCUT2D eigenvalue weighted by atomic mass is 16.3. The Morgan fingerprint density at radius 2 is 1.47 bits per heavy atom. The molecule has 0 saturated heterocycles. The van der Waals surface area contributed by atoms with Crippen molar-refractivity contribution in [3.8, 4) is 0 Å². The highest BCUT2D eigenvalue weighted by Gasteiger charge is 1.94. The molecule has 100 valence electrons. The number of hydrogen-bond acceptors (Lipinski definition) is 1. The van der Waals surface area contributed by atoms with E-state index < -0.39 is 0 Å². The first kappa shape index (κ1) is 16.3. The van der Waals surface area contributed by atoms with Gasteiger partial charge in [0.2, 0.25) is 0 Å². The number of allylic oxidation sites excluding steroid dienone is 3. The summed E-state index contributed by atoms with van der Waals surface area (Å²) < 4.78 is 0. The van der Waals surface area contributed by atoms with E-state index in [0.717, 1.165) is 19.3 Å². The second kappa shape index (κ2) is 13.3. The van der Waals surface area contributed by atoms with Crippen molar-refractivity contribution in [3.05, 3.63) is 24.5 Å². The van der Waals surface area contributed by atoms with Crippen LogP contribution in [-0.2, 0) is 0 Å². The van der Waals surface area contributed by atoms with E-state index in [0.29, 0.717) is 5.76 Å². The van der Waals surface area contributed by atoms with Gasteiger partial charge in [0.05, 0.1) is 5.76 Å². The Bertz CT molecular complexity index is 194. The highest BCUT2D eigenvalue weighted by molar-refractivity contribution is 4.89. The number of rotatable bonds is 12. The molecule has 0 unspecified atom stereocenters. The molecule has 0 aromatic carbocycles. The number of hydrogen-bond donors (Lipinski definition) is 1. The minimum Gasteiger partial charge on any atom is -0.513 e. The highest BCUT2D eigenvalue weighted by Crippen LogP contribution is 2.12. The minimum atomic E-state index is 0.580. The Morgan fingerprint density at radius 1 is 0.941 bits per heavy atom. The van der Waals surface area contributed by atoms with Crippen molar-refractivity contribution >= 4 is 0 Å². The number of aliphatic hydroxyl groups is 1. The van der Waals surface area contributed by atoms with Crippen molar-refractivity contribution in [3.63, 3.8) is 0 Å². The fourth-order valence-corrected chi connectivity index (χ4v) is 1.99. The van der Waals surface area contributed by atoms with Crippen LogP contribution in [-0.4, -0.2) is 5.11 Å². The molecule has 0 heterocycles. The third kappa shape index (κ3) is 13.2. The van der Waals surface area contributed by atoms with Gasteiger partial charge in [0.25, 0.3) is 0 Å². The molecule has 1 nitrogen and oxygen atoms in total. The SMILES string of the molecule is C=CCCCCCCCCCC/C(O)=C/CC. The van der Waals surface area contributed by atoms with E-state index in [1.807, 2.05) is 12.2 Å². The van der Waals surface area contributed by atoms with E-state index in [1.54, 1.807) is 0 Å². The fourth-order valence-electron chi connectivity index (χ4n) is 1.99. The summed E-state index contributed by atoms with van der Waals surface area (Å²) in [6.45, 7) is 5.79. The van der Waals surface area contributed by atoms with Crippen molar-refractivity contribution < 1.29 is 5.11 Å². The molecule has 0 aliphatic heterocycles. The van der Waals surface area contributed by atoms with Crippen LogP contribution in [0.3, 0.4) is 0 Å². The molecule has 0 radical (unpaired) electrons. The van der Waals surface area contributed by atoms with Gasteiger partial charge in [-0.2, -0.15) is 0 Å². The van der Waals surface area contributed by atoms with Gasteiger partial charge in [-0.05, 0) is 31.8 Å². The first-order valence-electron chi connectivity index (χ1n) is 7.30. The Kier molecular flexibility index (Phi) is 12.8. The monoisotopic (exact) mass is 238 g/mol. The molecule has 0 fully saturated rings. The Labute approximate surface area is 108 Å². The maximum absolute atomic E-state index is 9.43. The van der Waals surface area contributed by atoms with E-state index in [9.17, 15) is 5.11 Å². The summed E-state index contributed by atoms with van der Waals surface area (Å²) in [5, 5.41) is 9.43. The molecule has 0 aliphatic rings. The number of unbranched alkanes of at least 4 members (excludes halogenated alkanes) is 8. The van der Waals surface area contributed by atoms with Gasteiger partial charge in [0.15, 0.2) is 0 Å². The van der Waals surface area contributed by atoms with Gasteiger partial charge in [0, 0.05) is 6.42 Å². The summed E-state index contributed by atoms with van der Waals surface area (Å²) in [5.41, 5.74) is 0. The predicted octanol–water partition coefficient (Wildman–Crippen LogP) is 5.93. The summed E-state index contributed by atoms with van der Waals surface area (Å²) >= 11 is 0. The third-order valence-electron chi connectivity index (χ3n) is 3.03. The van der Waals surface area contributed by atoms with E-state index >= 15 is 0 Å². The first-order chi connectivity index (χ1) is 8.31. The molecule has 0 aliphatic carbocycles. The molecule has 17 heavy (non-hydrogen) atoms. The van der Waals surface area contributed by atoms with Crippen LogP contribution in [0, 0.1) is 0 Å². The van der Waals surface area contributed by atoms with Gasteiger partial charge < -0.3 is 5.11 Å². The maximum atomic E-state index is 9.43. The van der Waals surface area contributed by atoms with Crippen molar-refractivity contribution in [1.82, 2.24) is 0 Å². The van der Waals surface area contributed by atoms with Gasteiger partial charge in [-0.15, -0.1) is 6.58 Å². The summed E-state index contributed by atoms with van der Waals surface area (Å²) in [5.74, 6) is 0.580. The molecule has 1 N–H and O–H groups in total. The van der Waals surface area contributed by atoms with Crippen LogP contribution in [0.1, 0.15) is 77.6 Å². The number of aliphatic hydroxyl groups excluding tert-OH is 1. The molecular formula is C16H30O. The van der Waals surface area contributed by atoms with Gasteiger partial charge in [-0.25, -0.2) is 0 Å². The predicted molar refractivity (Wildman–Crippen MR) is 77.4 cm³/mol.